The van der Waals surface area contributed by atoms with Crippen LogP contribution in [0, 0.1) is 6.92 Å². The van der Waals surface area contributed by atoms with Gasteiger partial charge in [0, 0.05) is 32.5 Å². The van der Waals surface area contributed by atoms with Crippen molar-refractivity contribution in [3.8, 4) is 5.75 Å². The molecular weight excluding hydrogens is 302 g/mol. The molecule has 2 aromatic rings. The van der Waals surface area contributed by atoms with Crippen molar-refractivity contribution in [2.75, 3.05) is 13.7 Å². The summed E-state index contributed by atoms with van der Waals surface area (Å²) in [5.74, 6) is 1.73. The molecule has 24 heavy (non-hydrogen) atoms. The van der Waals surface area contributed by atoms with Gasteiger partial charge in [-0.1, -0.05) is 19.1 Å². The third-order valence-electron chi connectivity index (χ3n) is 4.55. The Morgan fingerprint density at radius 1 is 1.38 bits per heavy atom. The molecule has 1 aromatic carbocycles. The fourth-order valence-electron chi connectivity index (χ4n) is 3.32. The highest BCUT2D eigenvalue weighted by Gasteiger charge is 2.21. The molecule has 0 aliphatic carbocycles. The van der Waals surface area contributed by atoms with E-state index in [0.29, 0.717) is 6.54 Å². The van der Waals surface area contributed by atoms with E-state index in [9.17, 15) is 4.79 Å². The number of methoxy groups -OCH3 is 1. The molecule has 0 saturated carbocycles. The van der Waals surface area contributed by atoms with Crippen LogP contribution in [-0.2, 0) is 25.9 Å². The number of fused-ring (bicyclic) bond motifs is 1. The maximum Gasteiger partial charge on any atom is 0.255 e. The van der Waals surface area contributed by atoms with Gasteiger partial charge in [-0.2, -0.15) is 0 Å². The van der Waals surface area contributed by atoms with Crippen LogP contribution < -0.4 is 10.3 Å². The summed E-state index contributed by atoms with van der Waals surface area (Å²) in [4.78, 5) is 22.2. The van der Waals surface area contributed by atoms with E-state index in [1.807, 2.05) is 6.07 Å². The van der Waals surface area contributed by atoms with Crippen molar-refractivity contribution in [1.82, 2.24) is 14.9 Å². The largest absolute Gasteiger partial charge is 0.496 e. The van der Waals surface area contributed by atoms with Crippen molar-refractivity contribution in [2.45, 2.75) is 46.2 Å². The summed E-state index contributed by atoms with van der Waals surface area (Å²) < 4.78 is 5.32. The number of aromatic nitrogens is 2. The van der Waals surface area contributed by atoms with Crippen molar-refractivity contribution in [3.05, 3.63) is 56.8 Å². The van der Waals surface area contributed by atoms with E-state index < -0.39 is 0 Å². The fourth-order valence-corrected chi connectivity index (χ4v) is 3.32. The van der Waals surface area contributed by atoms with Gasteiger partial charge in [0.15, 0.2) is 0 Å². The van der Waals surface area contributed by atoms with E-state index in [0.717, 1.165) is 60.7 Å². The average Bonchev–Trinajstić information content (AvgIpc) is 2.56. The zero-order chi connectivity index (χ0) is 17.1. The Labute approximate surface area is 142 Å². The molecule has 0 unspecified atom stereocenters. The Hall–Kier alpha value is -2.14. The first-order valence-corrected chi connectivity index (χ1v) is 8.57. The summed E-state index contributed by atoms with van der Waals surface area (Å²) in [7, 11) is 1.69. The maximum atomic E-state index is 12.4. The van der Waals surface area contributed by atoms with Crippen molar-refractivity contribution in [2.24, 2.45) is 0 Å². The van der Waals surface area contributed by atoms with Gasteiger partial charge in [-0.25, -0.2) is 4.98 Å². The summed E-state index contributed by atoms with van der Waals surface area (Å²) >= 11 is 0. The predicted octanol–water partition coefficient (Wildman–Crippen LogP) is 2.60. The molecule has 1 N–H and O–H groups in total. The second kappa shape index (κ2) is 7.18. The molecular formula is C19H25N3O2. The highest BCUT2D eigenvalue weighted by Crippen LogP contribution is 2.21. The number of H-pyrrole nitrogens is 1. The number of aryl methyl sites for hydroxylation is 2. The van der Waals surface area contributed by atoms with Gasteiger partial charge in [0.1, 0.15) is 11.6 Å². The first-order valence-electron chi connectivity index (χ1n) is 8.57. The molecule has 3 rings (SSSR count). The Bertz CT molecular complexity index is 783. The quantitative estimate of drug-likeness (QED) is 0.917. The van der Waals surface area contributed by atoms with Crippen LogP contribution in [0.5, 0.6) is 5.75 Å². The van der Waals surface area contributed by atoms with Crippen LogP contribution in [0.25, 0.3) is 0 Å². The zero-order valence-corrected chi connectivity index (χ0v) is 14.7. The zero-order valence-electron chi connectivity index (χ0n) is 14.7. The fraction of sp³-hybridized carbons (Fsp3) is 0.474. The van der Waals surface area contributed by atoms with Gasteiger partial charge in [0.05, 0.1) is 18.4 Å². The van der Waals surface area contributed by atoms with E-state index in [2.05, 4.69) is 40.8 Å². The Morgan fingerprint density at radius 3 is 2.92 bits per heavy atom. The minimum Gasteiger partial charge on any atom is -0.496 e. The molecule has 128 valence electrons. The smallest absolute Gasteiger partial charge is 0.255 e. The number of hydrogen-bond donors (Lipinski definition) is 1. The number of nitrogens with zero attached hydrogens (tertiary/aromatic N) is 2. The summed E-state index contributed by atoms with van der Waals surface area (Å²) in [6, 6.07) is 6.25. The lowest BCUT2D eigenvalue weighted by molar-refractivity contribution is 0.241. The average molecular weight is 327 g/mol. The first-order chi connectivity index (χ1) is 11.6. The van der Waals surface area contributed by atoms with Gasteiger partial charge in [-0.15, -0.1) is 0 Å². The molecule has 0 radical (unpaired) electrons. The number of benzene rings is 1. The van der Waals surface area contributed by atoms with Gasteiger partial charge in [-0.05, 0) is 30.5 Å². The molecule has 0 bridgehead atoms. The van der Waals surface area contributed by atoms with E-state index in [1.54, 1.807) is 7.11 Å². The van der Waals surface area contributed by atoms with Crippen molar-refractivity contribution in [3.63, 3.8) is 0 Å². The Morgan fingerprint density at radius 2 is 2.21 bits per heavy atom. The Kier molecular flexibility index (Phi) is 5.00. The van der Waals surface area contributed by atoms with Crippen LogP contribution in [0.2, 0.25) is 0 Å². The van der Waals surface area contributed by atoms with E-state index in [4.69, 9.17) is 4.74 Å². The summed E-state index contributed by atoms with van der Waals surface area (Å²) in [5.41, 5.74) is 4.20. The molecule has 2 heterocycles. The summed E-state index contributed by atoms with van der Waals surface area (Å²) in [6.45, 7) is 6.57. The molecule has 0 saturated heterocycles. The number of hydrogen-bond acceptors (Lipinski definition) is 4. The molecule has 1 aliphatic heterocycles. The first kappa shape index (κ1) is 16.7. The minimum absolute atomic E-state index is 0.0269. The van der Waals surface area contributed by atoms with Crippen LogP contribution in [0.1, 0.15) is 41.6 Å². The number of nitrogens with one attached hydrogen (secondary N) is 1. The van der Waals surface area contributed by atoms with E-state index >= 15 is 0 Å². The molecule has 5 nitrogen and oxygen atoms in total. The third kappa shape index (κ3) is 3.51. The molecule has 1 aromatic heterocycles. The van der Waals surface area contributed by atoms with Crippen LogP contribution in [-0.4, -0.2) is 28.5 Å². The second-order valence-corrected chi connectivity index (χ2v) is 6.45. The Balaban J connectivity index is 1.75. The highest BCUT2D eigenvalue weighted by molar-refractivity contribution is 5.36. The van der Waals surface area contributed by atoms with Crippen LogP contribution in [0.4, 0.5) is 0 Å². The standard InChI is InChI=1S/C19H25N3O2/c1-4-5-18-20-16-8-9-22(12-15(16)19(23)21-18)11-14-6-7-17(24-3)13(2)10-14/h6-7,10H,4-5,8-9,11-12H2,1-3H3,(H,20,21,23). The summed E-state index contributed by atoms with van der Waals surface area (Å²) in [6.07, 6.45) is 2.66. The predicted molar refractivity (Wildman–Crippen MR) is 94.4 cm³/mol. The number of rotatable bonds is 5. The van der Waals surface area contributed by atoms with Gasteiger partial charge >= 0.3 is 0 Å². The van der Waals surface area contributed by atoms with Gasteiger partial charge in [0.25, 0.3) is 5.56 Å². The van der Waals surface area contributed by atoms with Crippen LogP contribution >= 0.6 is 0 Å². The van der Waals surface area contributed by atoms with Crippen molar-refractivity contribution < 1.29 is 4.74 Å². The van der Waals surface area contributed by atoms with Crippen molar-refractivity contribution >= 4 is 0 Å². The van der Waals surface area contributed by atoms with Gasteiger partial charge in [-0.3, -0.25) is 9.69 Å². The SMILES string of the molecule is CCCc1nc2c(c(=O)[nH]1)CN(Cc1ccc(OC)c(C)c1)CC2. The highest BCUT2D eigenvalue weighted by atomic mass is 16.5. The van der Waals surface area contributed by atoms with Crippen molar-refractivity contribution in [1.29, 1.82) is 0 Å². The minimum atomic E-state index is 0.0269. The lowest BCUT2D eigenvalue weighted by Crippen LogP contribution is -2.35. The maximum absolute atomic E-state index is 12.4. The molecule has 0 spiro atoms. The molecule has 0 fully saturated rings. The normalized spacial score (nSPS) is 14.5. The lowest BCUT2D eigenvalue weighted by Gasteiger charge is -2.28. The molecule has 1 aliphatic rings. The van der Waals surface area contributed by atoms with E-state index in [1.165, 1.54) is 5.56 Å². The van der Waals surface area contributed by atoms with Crippen LogP contribution in [0.15, 0.2) is 23.0 Å². The third-order valence-corrected chi connectivity index (χ3v) is 4.55. The van der Waals surface area contributed by atoms with Crippen LogP contribution in [0.3, 0.4) is 0 Å². The number of aromatic amines is 1. The lowest BCUT2D eigenvalue weighted by atomic mass is 10.0. The van der Waals surface area contributed by atoms with Gasteiger partial charge in [0.2, 0.25) is 0 Å². The van der Waals surface area contributed by atoms with E-state index in [-0.39, 0.29) is 5.56 Å². The molecule has 5 heteroatoms. The van der Waals surface area contributed by atoms with Gasteiger partial charge < -0.3 is 9.72 Å². The second-order valence-electron chi connectivity index (χ2n) is 6.45. The molecule has 0 amide bonds. The summed E-state index contributed by atoms with van der Waals surface area (Å²) in [5, 5.41) is 0. The number of ether oxygens (including phenoxy) is 1. The monoisotopic (exact) mass is 327 g/mol. The molecule has 0 atom stereocenters. The topological polar surface area (TPSA) is 58.2 Å².